The number of nitrogens with two attached hydrogens (primary N) is 1. The summed E-state index contributed by atoms with van der Waals surface area (Å²) in [4.78, 5) is 23.6. The van der Waals surface area contributed by atoms with Gasteiger partial charge < -0.3 is 10.7 Å². The number of aliphatic imine (C=N–C) groups is 1. The standard InChI is InChI=1S/C8H9N5O/c9-6-1-4-13(5-12-6)8(14)7-10-2-3-11-7/h1-4H,5H2,(H2,9,12)(H,10,11). The van der Waals surface area contributed by atoms with E-state index in [0.29, 0.717) is 11.7 Å². The van der Waals surface area contributed by atoms with Gasteiger partial charge in [0.1, 0.15) is 12.5 Å². The molecule has 1 aromatic heterocycles. The van der Waals surface area contributed by atoms with E-state index in [4.69, 9.17) is 5.73 Å². The first-order valence-corrected chi connectivity index (χ1v) is 4.06. The molecule has 1 aliphatic heterocycles. The molecule has 3 N–H and O–H groups in total. The van der Waals surface area contributed by atoms with Gasteiger partial charge in [0, 0.05) is 18.6 Å². The van der Waals surface area contributed by atoms with Crippen molar-refractivity contribution in [1.82, 2.24) is 14.9 Å². The van der Waals surface area contributed by atoms with E-state index in [1.807, 2.05) is 0 Å². The highest BCUT2D eigenvalue weighted by atomic mass is 16.2. The lowest BCUT2D eigenvalue weighted by Crippen LogP contribution is -2.31. The molecule has 14 heavy (non-hydrogen) atoms. The summed E-state index contributed by atoms with van der Waals surface area (Å²) < 4.78 is 0. The minimum absolute atomic E-state index is 0.220. The fraction of sp³-hybridized carbons (Fsp3) is 0.125. The molecule has 2 rings (SSSR count). The summed E-state index contributed by atoms with van der Waals surface area (Å²) in [6, 6.07) is 0. The van der Waals surface area contributed by atoms with Crippen molar-refractivity contribution in [3.8, 4) is 0 Å². The van der Waals surface area contributed by atoms with Crippen molar-refractivity contribution < 1.29 is 4.79 Å². The molecule has 1 aliphatic rings. The fourth-order valence-electron chi connectivity index (χ4n) is 1.07. The lowest BCUT2D eigenvalue weighted by Gasteiger charge is -2.17. The molecule has 0 aliphatic carbocycles. The summed E-state index contributed by atoms with van der Waals surface area (Å²) in [5.74, 6) is 0.501. The first-order chi connectivity index (χ1) is 6.77. The van der Waals surface area contributed by atoms with Crippen LogP contribution in [-0.4, -0.2) is 33.3 Å². The average Bonchev–Trinajstić information content (AvgIpc) is 2.71. The second kappa shape index (κ2) is 3.33. The molecule has 2 heterocycles. The van der Waals surface area contributed by atoms with Crippen LogP contribution in [0.3, 0.4) is 0 Å². The molecule has 6 nitrogen and oxygen atoms in total. The van der Waals surface area contributed by atoms with Crippen molar-refractivity contribution >= 4 is 11.7 Å². The predicted octanol–water partition coefficient (Wildman–Crippen LogP) is -0.306. The quantitative estimate of drug-likeness (QED) is 0.638. The summed E-state index contributed by atoms with van der Waals surface area (Å²) in [7, 11) is 0. The molecule has 1 aromatic rings. The summed E-state index contributed by atoms with van der Waals surface area (Å²) in [6.07, 6.45) is 6.29. The minimum Gasteiger partial charge on any atom is -0.384 e. The summed E-state index contributed by atoms with van der Waals surface area (Å²) in [6.45, 7) is 0.238. The normalized spacial score (nSPS) is 15.4. The third kappa shape index (κ3) is 1.49. The minimum atomic E-state index is -0.220. The van der Waals surface area contributed by atoms with Crippen LogP contribution in [0.25, 0.3) is 0 Å². The Labute approximate surface area is 80.1 Å². The van der Waals surface area contributed by atoms with Crippen molar-refractivity contribution in [3.63, 3.8) is 0 Å². The smallest absolute Gasteiger partial charge is 0.295 e. The number of aromatic nitrogens is 2. The maximum absolute atomic E-state index is 11.6. The molecule has 0 fully saturated rings. The van der Waals surface area contributed by atoms with Crippen molar-refractivity contribution in [2.45, 2.75) is 0 Å². The molecule has 6 heteroatoms. The molecule has 0 spiro atoms. The van der Waals surface area contributed by atoms with Crippen LogP contribution in [0.4, 0.5) is 0 Å². The van der Waals surface area contributed by atoms with Gasteiger partial charge in [0.2, 0.25) is 0 Å². The Balaban J connectivity index is 2.12. The number of nitrogens with zero attached hydrogens (tertiary/aromatic N) is 3. The lowest BCUT2D eigenvalue weighted by atomic mass is 10.4. The molecule has 0 atom stereocenters. The van der Waals surface area contributed by atoms with Gasteiger partial charge >= 0.3 is 0 Å². The highest BCUT2D eigenvalue weighted by molar-refractivity contribution is 5.95. The van der Waals surface area contributed by atoms with E-state index in [1.54, 1.807) is 18.5 Å². The molecular formula is C8H9N5O. The Morgan fingerprint density at radius 3 is 3.07 bits per heavy atom. The number of amides is 1. The van der Waals surface area contributed by atoms with E-state index in [1.165, 1.54) is 11.1 Å². The molecule has 0 bridgehead atoms. The van der Waals surface area contributed by atoms with Crippen molar-refractivity contribution in [2.24, 2.45) is 10.7 Å². The van der Waals surface area contributed by atoms with Gasteiger partial charge in [-0.2, -0.15) is 0 Å². The third-order valence-corrected chi connectivity index (χ3v) is 1.79. The third-order valence-electron chi connectivity index (χ3n) is 1.79. The molecule has 0 unspecified atom stereocenters. The Morgan fingerprint density at radius 1 is 1.64 bits per heavy atom. The second-order valence-corrected chi connectivity index (χ2v) is 2.75. The van der Waals surface area contributed by atoms with Gasteiger partial charge in [-0.25, -0.2) is 9.98 Å². The summed E-state index contributed by atoms with van der Waals surface area (Å²) in [5.41, 5.74) is 5.42. The molecular weight excluding hydrogens is 182 g/mol. The Bertz CT molecular complexity index is 392. The van der Waals surface area contributed by atoms with Crippen LogP contribution in [0.5, 0.6) is 0 Å². The number of hydrogen-bond donors (Lipinski definition) is 2. The van der Waals surface area contributed by atoms with Crippen molar-refractivity contribution in [2.75, 3.05) is 6.67 Å². The lowest BCUT2D eigenvalue weighted by molar-refractivity contribution is 0.0814. The number of carbonyl (C=O) groups excluding carboxylic acids is 1. The monoisotopic (exact) mass is 191 g/mol. The number of nitrogens with one attached hydrogen (secondary N) is 1. The number of rotatable bonds is 1. The molecule has 72 valence electrons. The van der Waals surface area contributed by atoms with E-state index in [-0.39, 0.29) is 12.6 Å². The zero-order valence-electron chi connectivity index (χ0n) is 7.34. The van der Waals surface area contributed by atoms with E-state index >= 15 is 0 Å². The number of carbonyl (C=O) groups is 1. The SMILES string of the molecule is NC1=NCN(C(=O)c2ncc[nH]2)C=C1. The zero-order chi connectivity index (χ0) is 9.97. The van der Waals surface area contributed by atoms with Crippen LogP contribution in [-0.2, 0) is 0 Å². The number of imidazole rings is 1. The Hall–Kier alpha value is -2.11. The fourth-order valence-corrected chi connectivity index (χ4v) is 1.07. The number of aromatic amines is 1. The van der Waals surface area contributed by atoms with Gasteiger partial charge in [-0.15, -0.1) is 0 Å². The van der Waals surface area contributed by atoms with Crippen LogP contribution in [0.15, 0.2) is 29.7 Å². The number of hydrogen-bond acceptors (Lipinski definition) is 4. The van der Waals surface area contributed by atoms with Crippen molar-refractivity contribution in [3.05, 3.63) is 30.5 Å². The largest absolute Gasteiger partial charge is 0.384 e. The van der Waals surface area contributed by atoms with Crippen LogP contribution in [0.2, 0.25) is 0 Å². The zero-order valence-corrected chi connectivity index (χ0v) is 7.34. The van der Waals surface area contributed by atoms with Crippen LogP contribution in [0, 0.1) is 0 Å². The summed E-state index contributed by atoms with van der Waals surface area (Å²) in [5, 5.41) is 0. The predicted molar refractivity (Wildman–Crippen MR) is 50.4 cm³/mol. The molecule has 1 amide bonds. The van der Waals surface area contributed by atoms with Gasteiger partial charge in [-0.1, -0.05) is 0 Å². The van der Waals surface area contributed by atoms with Crippen LogP contribution >= 0.6 is 0 Å². The van der Waals surface area contributed by atoms with Gasteiger partial charge in [-0.05, 0) is 6.08 Å². The van der Waals surface area contributed by atoms with E-state index in [0.717, 1.165) is 0 Å². The number of amidine groups is 1. The van der Waals surface area contributed by atoms with E-state index in [9.17, 15) is 4.79 Å². The van der Waals surface area contributed by atoms with E-state index < -0.39 is 0 Å². The van der Waals surface area contributed by atoms with Crippen LogP contribution < -0.4 is 5.73 Å². The summed E-state index contributed by atoms with van der Waals surface area (Å²) >= 11 is 0. The van der Waals surface area contributed by atoms with Gasteiger partial charge in [0.25, 0.3) is 5.91 Å². The van der Waals surface area contributed by atoms with Gasteiger partial charge in [0.05, 0.1) is 0 Å². The first-order valence-electron chi connectivity index (χ1n) is 4.06. The number of H-pyrrole nitrogens is 1. The highest BCUT2D eigenvalue weighted by Crippen LogP contribution is 2.03. The van der Waals surface area contributed by atoms with Crippen molar-refractivity contribution in [1.29, 1.82) is 0 Å². The Morgan fingerprint density at radius 2 is 2.50 bits per heavy atom. The highest BCUT2D eigenvalue weighted by Gasteiger charge is 2.16. The molecule has 0 saturated carbocycles. The first kappa shape index (κ1) is 8.49. The Kier molecular flexibility index (Phi) is 2.02. The van der Waals surface area contributed by atoms with Gasteiger partial charge in [0.15, 0.2) is 5.82 Å². The topological polar surface area (TPSA) is 87.4 Å². The second-order valence-electron chi connectivity index (χ2n) is 2.75. The van der Waals surface area contributed by atoms with Crippen LogP contribution in [0.1, 0.15) is 10.6 Å². The van der Waals surface area contributed by atoms with E-state index in [2.05, 4.69) is 15.0 Å². The maximum Gasteiger partial charge on any atom is 0.295 e. The average molecular weight is 191 g/mol. The maximum atomic E-state index is 11.6. The molecule has 0 saturated heterocycles. The molecule has 0 radical (unpaired) electrons. The molecule has 0 aromatic carbocycles. The van der Waals surface area contributed by atoms with Gasteiger partial charge in [-0.3, -0.25) is 9.69 Å².